The van der Waals surface area contributed by atoms with E-state index in [1.807, 2.05) is 0 Å². The number of nitrogens with zero attached hydrogens (tertiary/aromatic N) is 1. The second-order valence-electron chi connectivity index (χ2n) is 6.83. The summed E-state index contributed by atoms with van der Waals surface area (Å²) in [6.45, 7) is 0. The molecule has 0 aromatic heterocycles. The van der Waals surface area contributed by atoms with E-state index in [1.165, 1.54) is 21.6 Å². The predicted octanol–water partition coefficient (Wildman–Crippen LogP) is 5.92. The van der Waals surface area contributed by atoms with Crippen LogP contribution in [0, 0.1) is 0 Å². The van der Waals surface area contributed by atoms with E-state index in [9.17, 15) is 0 Å². The van der Waals surface area contributed by atoms with Gasteiger partial charge in [0, 0.05) is 0 Å². The third kappa shape index (κ3) is 2.87. The van der Waals surface area contributed by atoms with E-state index in [0.717, 1.165) is 0 Å². The average molecular weight is 495 g/mol. The van der Waals surface area contributed by atoms with Crippen LogP contribution in [0.3, 0.4) is 0 Å². The van der Waals surface area contributed by atoms with Gasteiger partial charge in [0.15, 0.2) is 0 Å². The van der Waals surface area contributed by atoms with Crippen molar-refractivity contribution in [3.8, 4) is 0 Å². The Morgan fingerprint density at radius 2 is 0.786 bits per heavy atom. The van der Waals surface area contributed by atoms with Gasteiger partial charge in [0.05, 0.1) is 0 Å². The first-order chi connectivity index (χ1) is 13.7. The Bertz CT molecular complexity index is 937. The molecule has 0 amide bonds. The Labute approximate surface area is 180 Å². The molecule has 0 aliphatic rings. The summed E-state index contributed by atoms with van der Waals surface area (Å²) in [5.41, 5.74) is 1.21. The van der Waals surface area contributed by atoms with Crippen LogP contribution in [0.2, 0.25) is 0 Å². The standard InChI is InChI=1S/C25H23INP/c1-27(22-14-6-2-7-15-22)28(26,23-16-8-3-9-17-23,24-18-10-4-11-19-24)25-20-12-5-13-21-25/h2-21H,1H3. The fourth-order valence-corrected chi connectivity index (χ4v) is 12.2. The summed E-state index contributed by atoms with van der Waals surface area (Å²) in [7, 11) is 2.24. The van der Waals surface area contributed by atoms with Gasteiger partial charge < -0.3 is 0 Å². The molecular formula is C25H23INP. The van der Waals surface area contributed by atoms with Crippen molar-refractivity contribution in [2.75, 3.05) is 11.7 Å². The first-order valence-electron chi connectivity index (χ1n) is 9.35. The summed E-state index contributed by atoms with van der Waals surface area (Å²) in [6, 6.07) is 43.6. The van der Waals surface area contributed by atoms with E-state index < -0.39 is 4.40 Å². The van der Waals surface area contributed by atoms with Crippen molar-refractivity contribution in [3.63, 3.8) is 0 Å². The topological polar surface area (TPSA) is 3.24 Å². The Morgan fingerprint density at radius 3 is 1.11 bits per heavy atom. The van der Waals surface area contributed by atoms with Gasteiger partial charge in [-0.1, -0.05) is 0 Å². The van der Waals surface area contributed by atoms with Crippen LogP contribution in [0.1, 0.15) is 0 Å². The van der Waals surface area contributed by atoms with E-state index in [0.29, 0.717) is 0 Å². The zero-order valence-electron chi connectivity index (χ0n) is 15.8. The number of rotatable bonds is 5. The molecule has 0 unspecified atom stereocenters. The average Bonchev–Trinajstić information content (AvgIpc) is 2.80. The quantitative estimate of drug-likeness (QED) is 0.246. The van der Waals surface area contributed by atoms with Crippen molar-refractivity contribution in [1.29, 1.82) is 0 Å². The molecule has 0 aliphatic heterocycles. The third-order valence-electron chi connectivity index (χ3n) is 5.38. The number of benzene rings is 4. The van der Waals surface area contributed by atoms with Gasteiger partial charge in [-0.15, -0.1) is 0 Å². The molecule has 4 rings (SSSR count). The molecule has 0 heterocycles. The van der Waals surface area contributed by atoms with E-state index in [2.05, 4.69) is 155 Å². The van der Waals surface area contributed by atoms with Crippen LogP contribution in [-0.2, 0) is 0 Å². The maximum absolute atomic E-state index is 2.98. The van der Waals surface area contributed by atoms with Gasteiger partial charge >= 0.3 is 181 Å². The Hall–Kier alpha value is -2.16. The molecular weight excluding hydrogens is 472 g/mol. The van der Waals surface area contributed by atoms with Gasteiger partial charge in [-0.05, 0) is 0 Å². The fourth-order valence-electron chi connectivity index (χ4n) is 3.93. The molecule has 0 radical (unpaired) electrons. The molecule has 0 N–H and O–H groups in total. The summed E-state index contributed by atoms with van der Waals surface area (Å²) in [6.07, 6.45) is 0. The first-order valence-corrected chi connectivity index (χ1v) is 14.3. The van der Waals surface area contributed by atoms with Crippen LogP contribution in [0.4, 0.5) is 5.69 Å². The molecule has 0 saturated carbocycles. The van der Waals surface area contributed by atoms with Gasteiger partial charge in [-0.25, -0.2) is 0 Å². The number of hydrogen-bond donors (Lipinski definition) is 0. The number of para-hydroxylation sites is 1. The van der Waals surface area contributed by atoms with E-state index in [1.54, 1.807) is 0 Å². The summed E-state index contributed by atoms with van der Waals surface area (Å²) >= 11 is 2.79. The first kappa shape index (κ1) is 19.2. The Balaban J connectivity index is 2.16. The molecule has 4 aromatic carbocycles. The second-order valence-corrected chi connectivity index (χ2v) is 16.5. The molecule has 28 heavy (non-hydrogen) atoms. The summed E-state index contributed by atoms with van der Waals surface area (Å²) in [5, 5.41) is 4.04. The SMILES string of the molecule is CN(c1ccccc1)P(I)(c1ccccc1)(c1ccccc1)c1ccccc1. The van der Waals surface area contributed by atoms with Gasteiger partial charge in [-0.2, -0.15) is 0 Å². The van der Waals surface area contributed by atoms with Crippen molar-refractivity contribution >= 4 is 48.0 Å². The molecule has 0 saturated heterocycles. The molecule has 0 aliphatic carbocycles. The number of hydrogen-bond acceptors (Lipinski definition) is 1. The van der Waals surface area contributed by atoms with Gasteiger partial charge in [0.2, 0.25) is 0 Å². The molecule has 0 atom stereocenters. The normalized spacial score (nSPS) is 12.7. The van der Waals surface area contributed by atoms with E-state index in [-0.39, 0.29) is 0 Å². The van der Waals surface area contributed by atoms with Crippen molar-refractivity contribution in [1.82, 2.24) is 0 Å². The minimum absolute atomic E-state index is 1.21. The maximum atomic E-state index is 2.79. The van der Waals surface area contributed by atoms with Crippen molar-refractivity contribution in [2.24, 2.45) is 0 Å². The predicted molar refractivity (Wildman–Crippen MR) is 134 cm³/mol. The molecule has 0 spiro atoms. The molecule has 4 aromatic rings. The third-order valence-corrected chi connectivity index (χ3v) is 17.4. The summed E-state index contributed by atoms with van der Waals surface area (Å²) in [5.74, 6) is 0. The van der Waals surface area contributed by atoms with Crippen molar-refractivity contribution < 1.29 is 0 Å². The van der Waals surface area contributed by atoms with Gasteiger partial charge in [-0.3, -0.25) is 0 Å². The van der Waals surface area contributed by atoms with Gasteiger partial charge in [0.25, 0.3) is 0 Å². The Kier molecular flexibility index (Phi) is 5.27. The van der Waals surface area contributed by atoms with E-state index in [4.69, 9.17) is 0 Å². The molecule has 140 valence electrons. The second kappa shape index (κ2) is 7.69. The zero-order valence-corrected chi connectivity index (χ0v) is 18.9. The zero-order chi connectivity index (χ0) is 19.5. The molecule has 1 nitrogen and oxygen atoms in total. The molecule has 0 bridgehead atoms. The van der Waals surface area contributed by atoms with Crippen LogP contribution in [0.5, 0.6) is 0 Å². The number of halogens is 1. The summed E-state index contributed by atoms with van der Waals surface area (Å²) in [4.78, 5) is 0. The van der Waals surface area contributed by atoms with Crippen molar-refractivity contribution in [2.45, 2.75) is 0 Å². The monoisotopic (exact) mass is 495 g/mol. The molecule has 3 heteroatoms. The van der Waals surface area contributed by atoms with Gasteiger partial charge in [0.1, 0.15) is 0 Å². The Morgan fingerprint density at radius 1 is 0.500 bits per heavy atom. The fraction of sp³-hybridized carbons (Fsp3) is 0.0400. The van der Waals surface area contributed by atoms with Crippen LogP contribution in [0.25, 0.3) is 0 Å². The van der Waals surface area contributed by atoms with Crippen LogP contribution < -0.4 is 20.6 Å². The van der Waals surface area contributed by atoms with Crippen LogP contribution in [0.15, 0.2) is 121 Å². The molecule has 0 fully saturated rings. The van der Waals surface area contributed by atoms with E-state index >= 15 is 0 Å². The summed E-state index contributed by atoms with van der Waals surface area (Å²) < 4.78 is -0.464. The van der Waals surface area contributed by atoms with Crippen LogP contribution >= 0.6 is 26.4 Å². The van der Waals surface area contributed by atoms with Crippen LogP contribution in [-0.4, -0.2) is 7.05 Å². The van der Waals surface area contributed by atoms with Crippen molar-refractivity contribution in [3.05, 3.63) is 121 Å². The minimum atomic E-state index is -2.98. The number of anilines is 1.